The van der Waals surface area contributed by atoms with E-state index in [1.54, 1.807) is 0 Å². The van der Waals surface area contributed by atoms with Gasteiger partial charge >= 0.3 is 11.9 Å². The summed E-state index contributed by atoms with van der Waals surface area (Å²) in [7, 11) is 2.55. The Bertz CT molecular complexity index is 477. The Morgan fingerprint density at radius 2 is 1.86 bits per heavy atom. The maximum absolute atomic E-state index is 12.2. The quantitative estimate of drug-likeness (QED) is 0.443. The molecule has 0 heterocycles. The Morgan fingerprint density at radius 3 is 2.43 bits per heavy atom. The summed E-state index contributed by atoms with van der Waals surface area (Å²) in [4.78, 5) is 36.4. The van der Waals surface area contributed by atoms with Gasteiger partial charge in [0.25, 0.3) is 0 Å². The lowest BCUT2D eigenvalue weighted by molar-refractivity contribution is -0.169. The molecule has 0 radical (unpaired) electrons. The van der Waals surface area contributed by atoms with Gasteiger partial charge in [-0.15, -0.1) is 0 Å². The van der Waals surface area contributed by atoms with E-state index in [-0.39, 0.29) is 17.1 Å². The molecule has 5 nitrogen and oxygen atoms in total. The molecule has 21 heavy (non-hydrogen) atoms. The summed E-state index contributed by atoms with van der Waals surface area (Å²) in [5.41, 5.74) is -1.66. The van der Waals surface area contributed by atoms with Crippen LogP contribution in [0.1, 0.15) is 39.0 Å². The molecule has 0 bridgehead atoms. The van der Waals surface area contributed by atoms with E-state index in [9.17, 15) is 14.4 Å². The lowest BCUT2D eigenvalue weighted by atomic mass is 9.75. The number of hydrogen-bond donors (Lipinski definition) is 0. The van der Waals surface area contributed by atoms with E-state index in [0.717, 1.165) is 0 Å². The Kier molecular flexibility index (Phi) is 4.21. The number of esters is 2. The van der Waals surface area contributed by atoms with Crippen LogP contribution >= 0.6 is 0 Å². The number of rotatable bonds is 2. The highest BCUT2D eigenvalue weighted by Crippen LogP contribution is 2.57. The minimum Gasteiger partial charge on any atom is -0.468 e. The molecule has 1 saturated carbocycles. The highest BCUT2D eigenvalue weighted by atomic mass is 16.5. The normalized spacial score (nSPS) is 32.5. The number of ketones is 1. The van der Waals surface area contributed by atoms with Crippen LogP contribution in [0.5, 0.6) is 0 Å². The molecule has 5 heteroatoms. The SMILES string of the molecule is COC(=O)C1(C(=O)OC)C[C@@H]2CC(=O)CC/C=C\[C@]2(C)C1. The third kappa shape index (κ3) is 2.61. The van der Waals surface area contributed by atoms with Crippen LogP contribution in [-0.2, 0) is 23.9 Å². The van der Waals surface area contributed by atoms with E-state index in [0.29, 0.717) is 32.1 Å². The fraction of sp³-hybridized carbons (Fsp3) is 0.688. The number of Topliss-reactive ketones (excluding diaryl/α,β-unsaturated/α-hetero) is 1. The van der Waals surface area contributed by atoms with Gasteiger partial charge in [-0.3, -0.25) is 14.4 Å². The average Bonchev–Trinajstić information content (AvgIpc) is 2.74. The van der Waals surface area contributed by atoms with Crippen molar-refractivity contribution in [2.75, 3.05) is 14.2 Å². The monoisotopic (exact) mass is 294 g/mol. The predicted molar refractivity (Wildman–Crippen MR) is 75.3 cm³/mol. The summed E-state index contributed by atoms with van der Waals surface area (Å²) in [6, 6.07) is 0. The standard InChI is InChI=1S/C16H22O5/c1-15-7-5-4-6-12(17)8-11(15)9-16(10-15,13(18)20-2)14(19)21-3/h5,7,11H,4,6,8-10H2,1-3H3/b7-5-/t11-,15+/m0/s1. The van der Waals surface area contributed by atoms with Gasteiger partial charge < -0.3 is 9.47 Å². The van der Waals surface area contributed by atoms with Crippen LogP contribution in [-0.4, -0.2) is 31.9 Å². The zero-order valence-corrected chi connectivity index (χ0v) is 12.8. The topological polar surface area (TPSA) is 69.7 Å². The fourth-order valence-corrected chi connectivity index (χ4v) is 3.78. The van der Waals surface area contributed by atoms with Gasteiger partial charge in [-0.05, 0) is 30.6 Å². The molecule has 0 saturated heterocycles. The third-order valence-corrected chi connectivity index (χ3v) is 4.92. The summed E-state index contributed by atoms with van der Waals surface area (Å²) >= 11 is 0. The van der Waals surface area contributed by atoms with Gasteiger partial charge in [-0.25, -0.2) is 0 Å². The van der Waals surface area contributed by atoms with Gasteiger partial charge in [-0.2, -0.15) is 0 Å². The molecule has 0 aliphatic heterocycles. The van der Waals surface area contributed by atoms with E-state index >= 15 is 0 Å². The number of fused-ring (bicyclic) bond motifs is 1. The number of ether oxygens (including phenoxy) is 2. The minimum absolute atomic E-state index is 0.0419. The molecule has 0 aromatic heterocycles. The van der Waals surface area contributed by atoms with E-state index in [4.69, 9.17) is 9.47 Å². The van der Waals surface area contributed by atoms with Gasteiger partial charge in [0.2, 0.25) is 0 Å². The van der Waals surface area contributed by atoms with Crippen LogP contribution in [0.2, 0.25) is 0 Å². The lowest BCUT2D eigenvalue weighted by Crippen LogP contribution is -2.39. The molecule has 2 aliphatic carbocycles. The Morgan fingerprint density at radius 1 is 1.24 bits per heavy atom. The molecule has 1 fully saturated rings. The van der Waals surface area contributed by atoms with Crippen LogP contribution in [0.25, 0.3) is 0 Å². The van der Waals surface area contributed by atoms with Crippen molar-refractivity contribution in [3.63, 3.8) is 0 Å². The molecule has 2 rings (SSSR count). The molecule has 2 aliphatic rings. The van der Waals surface area contributed by atoms with Crippen LogP contribution in [0, 0.1) is 16.7 Å². The molecule has 116 valence electrons. The molecule has 2 atom stereocenters. The third-order valence-electron chi connectivity index (χ3n) is 4.92. The second-order valence-electron chi connectivity index (χ2n) is 6.33. The second kappa shape index (κ2) is 5.62. The minimum atomic E-state index is -1.29. The Balaban J connectivity index is 2.42. The zero-order chi connectivity index (χ0) is 15.7. The van der Waals surface area contributed by atoms with Crippen molar-refractivity contribution in [3.8, 4) is 0 Å². The van der Waals surface area contributed by atoms with E-state index in [2.05, 4.69) is 6.08 Å². The van der Waals surface area contributed by atoms with Gasteiger partial charge in [0.05, 0.1) is 14.2 Å². The van der Waals surface area contributed by atoms with Crippen molar-refractivity contribution in [2.45, 2.75) is 39.0 Å². The van der Waals surface area contributed by atoms with Crippen LogP contribution in [0.15, 0.2) is 12.2 Å². The summed E-state index contributed by atoms with van der Waals surface area (Å²) in [5, 5.41) is 0. The van der Waals surface area contributed by atoms with Crippen LogP contribution < -0.4 is 0 Å². The second-order valence-corrected chi connectivity index (χ2v) is 6.33. The van der Waals surface area contributed by atoms with E-state index in [1.807, 2.05) is 13.0 Å². The fourth-order valence-electron chi connectivity index (χ4n) is 3.78. The molecule has 0 N–H and O–H groups in total. The zero-order valence-electron chi connectivity index (χ0n) is 12.8. The van der Waals surface area contributed by atoms with E-state index in [1.165, 1.54) is 14.2 Å². The number of methoxy groups -OCH3 is 2. The van der Waals surface area contributed by atoms with Gasteiger partial charge in [0.1, 0.15) is 5.78 Å². The molecule has 0 aromatic rings. The molecule has 0 unspecified atom stereocenters. The van der Waals surface area contributed by atoms with Crippen LogP contribution in [0.3, 0.4) is 0 Å². The maximum atomic E-state index is 12.2. The summed E-state index contributed by atoms with van der Waals surface area (Å²) < 4.78 is 9.70. The molecule has 0 spiro atoms. The smallest absolute Gasteiger partial charge is 0.323 e. The van der Waals surface area contributed by atoms with Crippen molar-refractivity contribution in [2.24, 2.45) is 16.7 Å². The first kappa shape index (κ1) is 15.7. The largest absolute Gasteiger partial charge is 0.468 e. The molecule has 0 aromatic carbocycles. The summed E-state index contributed by atoms with van der Waals surface area (Å²) in [6.07, 6.45) is 6.30. The van der Waals surface area contributed by atoms with Crippen molar-refractivity contribution in [3.05, 3.63) is 12.2 Å². The molecular formula is C16H22O5. The van der Waals surface area contributed by atoms with Crippen LogP contribution in [0.4, 0.5) is 0 Å². The van der Waals surface area contributed by atoms with Gasteiger partial charge in [-0.1, -0.05) is 19.1 Å². The first-order valence-electron chi connectivity index (χ1n) is 7.24. The first-order valence-corrected chi connectivity index (χ1v) is 7.24. The lowest BCUT2D eigenvalue weighted by Gasteiger charge is -2.29. The molecular weight excluding hydrogens is 272 g/mol. The molecule has 0 amide bonds. The van der Waals surface area contributed by atoms with Crippen molar-refractivity contribution < 1.29 is 23.9 Å². The average molecular weight is 294 g/mol. The summed E-state index contributed by atoms with van der Waals surface area (Å²) in [5.74, 6) is -0.993. The van der Waals surface area contributed by atoms with Gasteiger partial charge in [0.15, 0.2) is 5.41 Å². The van der Waals surface area contributed by atoms with Crippen molar-refractivity contribution in [1.29, 1.82) is 0 Å². The van der Waals surface area contributed by atoms with Crippen molar-refractivity contribution >= 4 is 17.7 Å². The highest BCUT2D eigenvalue weighted by molar-refractivity contribution is 6.00. The first-order chi connectivity index (χ1) is 9.88. The Labute approximate surface area is 124 Å². The predicted octanol–water partition coefficient (Wildman–Crippen LogP) is 2.04. The maximum Gasteiger partial charge on any atom is 0.323 e. The number of carbonyl (C=O) groups is 3. The number of carbonyl (C=O) groups excluding carboxylic acids is 3. The number of hydrogen-bond acceptors (Lipinski definition) is 5. The number of allylic oxidation sites excluding steroid dienone is 2. The van der Waals surface area contributed by atoms with Crippen molar-refractivity contribution in [1.82, 2.24) is 0 Å². The highest BCUT2D eigenvalue weighted by Gasteiger charge is 2.61. The summed E-state index contributed by atoms with van der Waals surface area (Å²) in [6.45, 7) is 2.00. The van der Waals surface area contributed by atoms with Gasteiger partial charge in [0, 0.05) is 12.8 Å². The Hall–Kier alpha value is -1.65. The van der Waals surface area contributed by atoms with E-state index < -0.39 is 17.4 Å².